The molecule has 1 amide bonds. The summed E-state index contributed by atoms with van der Waals surface area (Å²) in [6.07, 6.45) is 2.38. The highest BCUT2D eigenvalue weighted by Crippen LogP contribution is 2.30. The van der Waals surface area contributed by atoms with E-state index in [2.05, 4.69) is 22.8 Å². The van der Waals surface area contributed by atoms with Crippen LogP contribution >= 0.6 is 11.8 Å². The van der Waals surface area contributed by atoms with Gasteiger partial charge in [0.2, 0.25) is 0 Å². The van der Waals surface area contributed by atoms with Crippen LogP contribution in [0.4, 0.5) is 0 Å². The standard InChI is InChI=1S/C19H22N2OS/c22-19(21-14-15-7-6-12-20-13-15)17-10-4-5-11-18(17)23-16-8-2-1-3-9-16/h1-5,8-11,15,20H,6-7,12-14H2,(H,21,22). The van der Waals surface area contributed by atoms with Crippen molar-refractivity contribution in [1.82, 2.24) is 10.6 Å². The van der Waals surface area contributed by atoms with E-state index in [1.807, 2.05) is 42.5 Å². The Labute approximate surface area is 141 Å². The lowest BCUT2D eigenvalue weighted by molar-refractivity contribution is 0.0942. The summed E-state index contributed by atoms with van der Waals surface area (Å²) in [6, 6.07) is 18.0. The van der Waals surface area contributed by atoms with Gasteiger partial charge in [-0.2, -0.15) is 0 Å². The van der Waals surface area contributed by atoms with Crippen LogP contribution in [-0.4, -0.2) is 25.5 Å². The van der Waals surface area contributed by atoms with Crippen molar-refractivity contribution in [3.63, 3.8) is 0 Å². The molecule has 2 aromatic rings. The quantitative estimate of drug-likeness (QED) is 0.882. The minimum absolute atomic E-state index is 0.0228. The van der Waals surface area contributed by atoms with Gasteiger partial charge in [-0.15, -0.1) is 0 Å². The average molecular weight is 326 g/mol. The Morgan fingerprint density at radius 3 is 2.70 bits per heavy atom. The van der Waals surface area contributed by atoms with Crippen molar-refractivity contribution in [1.29, 1.82) is 0 Å². The number of amides is 1. The highest BCUT2D eigenvalue weighted by molar-refractivity contribution is 7.99. The molecule has 3 rings (SSSR count). The fourth-order valence-electron chi connectivity index (χ4n) is 2.79. The summed E-state index contributed by atoms with van der Waals surface area (Å²) >= 11 is 1.63. The van der Waals surface area contributed by atoms with Gasteiger partial charge in [0.15, 0.2) is 0 Å². The molecule has 0 radical (unpaired) electrons. The second kappa shape index (κ2) is 8.18. The topological polar surface area (TPSA) is 41.1 Å². The number of hydrogen-bond acceptors (Lipinski definition) is 3. The average Bonchev–Trinajstić information content (AvgIpc) is 2.62. The van der Waals surface area contributed by atoms with E-state index in [1.165, 1.54) is 12.8 Å². The van der Waals surface area contributed by atoms with Crippen molar-refractivity contribution in [3.05, 3.63) is 60.2 Å². The van der Waals surface area contributed by atoms with Crippen molar-refractivity contribution in [2.24, 2.45) is 5.92 Å². The number of nitrogens with one attached hydrogen (secondary N) is 2. The molecule has 0 bridgehead atoms. The third kappa shape index (κ3) is 4.60. The van der Waals surface area contributed by atoms with E-state index in [0.717, 1.165) is 35.0 Å². The van der Waals surface area contributed by atoms with Crippen LogP contribution in [0.1, 0.15) is 23.2 Å². The predicted octanol–water partition coefficient (Wildman–Crippen LogP) is 3.57. The molecule has 120 valence electrons. The van der Waals surface area contributed by atoms with Crippen LogP contribution < -0.4 is 10.6 Å². The van der Waals surface area contributed by atoms with Crippen molar-refractivity contribution in [2.75, 3.05) is 19.6 Å². The summed E-state index contributed by atoms with van der Waals surface area (Å²) in [7, 11) is 0. The van der Waals surface area contributed by atoms with Gasteiger partial charge in [-0.05, 0) is 56.1 Å². The molecule has 2 N–H and O–H groups in total. The summed E-state index contributed by atoms with van der Waals surface area (Å²) in [5, 5.41) is 6.49. The van der Waals surface area contributed by atoms with Crippen LogP contribution in [0.2, 0.25) is 0 Å². The van der Waals surface area contributed by atoms with E-state index in [4.69, 9.17) is 0 Å². The lowest BCUT2D eigenvalue weighted by Crippen LogP contribution is -2.38. The zero-order chi connectivity index (χ0) is 15.9. The first-order valence-electron chi connectivity index (χ1n) is 8.14. The molecule has 1 saturated heterocycles. The first kappa shape index (κ1) is 16.1. The van der Waals surface area contributed by atoms with Crippen LogP contribution in [0, 0.1) is 5.92 Å². The van der Waals surface area contributed by atoms with Gasteiger partial charge < -0.3 is 10.6 Å². The molecule has 1 fully saturated rings. The van der Waals surface area contributed by atoms with E-state index >= 15 is 0 Å². The lowest BCUT2D eigenvalue weighted by Gasteiger charge is -2.23. The van der Waals surface area contributed by atoms with Gasteiger partial charge in [-0.1, -0.05) is 42.1 Å². The third-order valence-electron chi connectivity index (χ3n) is 4.05. The molecule has 1 unspecified atom stereocenters. The fourth-order valence-corrected chi connectivity index (χ4v) is 3.75. The molecule has 0 saturated carbocycles. The molecule has 1 aliphatic heterocycles. The van der Waals surface area contributed by atoms with Crippen LogP contribution in [0.5, 0.6) is 0 Å². The number of piperidine rings is 1. The largest absolute Gasteiger partial charge is 0.352 e. The van der Waals surface area contributed by atoms with Crippen molar-refractivity contribution in [2.45, 2.75) is 22.6 Å². The van der Waals surface area contributed by atoms with Gasteiger partial charge in [-0.25, -0.2) is 0 Å². The maximum atomic E-state index is 12.6. The smallest absolute Gasteiger partial charge is 0.252 e. The van der Waals surface area contributed by atoms with Gasteiger partial charge in [0.1, 0.15) is 0 Å². The van der Waals surface area contributed by atoms with Crippen molar-refractivity contribution < 1.29 is 4.79 Å². The maximum Gasteiger partial charge on any atom is 0.252 e. The Morgan fingerprint density at radius 1 is 1.13 bits per heavy atom. The lowest BCUT2D eigenvalue weighted by atomic mass is 10.00. The van der Waals surface area contributed by atoms with E-state index in [0.29, 0.717) is 5.92 Å². The molecule has 2 aromatic carbocycles. The Kier molecular flexibility index (Phi) is 5.72. The van der Waals surface area contributed by atoms with E-state index in [9.17, 15) is 4.79 Å². The minimum atomic E-state index is 0.0228. The molecule has 1 atom stereocenters. The zero-order valence-electron chi connectivity index (χ0n) is 13.1. The molecule has 0 aliphatic carbocycles. The summed E-state index contributed by atoms with van der Waals surface area (Å²) < 4.78 is 0. The summed E-state index contributed by atoms with van der Waals surface area (Å²) in [6.45, 7) is 2.85. The SMILES string of the molecule is O=C(NCC1CCCNC1)c1ccccc1Sc1ccccc1. The highest BCUT2D eigenvalue weighted by Gasteiger charge is 2.16. The van der Waals surface area contributed by atoms with Gasteiger partial charge in [0.25, 0.3) is 5.91 Å². The van der Waals surface area contributed by atoms with Crippen molar-refractivity contribution >= 4 is 17.7 Å². The maximum absolute atomic E-state index is 12.6. The molecule has 1 heterocycles. The number of carbonyl (C=O) groups excluding carboxylic acids is 1. The van der Waals surface area contributed by atoms with E-state index in [-0.39, 0.29) is 5.91 Å². The first-order valence-corrected chi connectivity index (χ1v) is 8.95. The van der Waals surface area contributed by atoms with Crippen LogP contribution in [-0.2, 0) is 0 Å². The van der Waals surface area contributed by atoms with Gasteiger partial charge >= 0.3 is 0 Å². The molecule has 23 heavy (non-hydrogen) atoms. The number of carbonyl (C=O) groups is 1. The summed E-state index contributed by atoms with van der Waals surface area (Å²) in [4.78, 5) is 14.7. The first-order chi connectivity index (χ1) is 11.3. The molecule has 0 aromatic heterocycles. The van der Waals surface area contributed by atoms with E-state index < -0.39 is 0 Å². The second-order valence-corrected chi connectivity index (χ2v) is 6.95. The van der Waals surface area contributed by atoms with Gasteiger partial charge in [0.05, 0.1) is 5.56 Å². The fraction of sp³-hybridized carbons (Fsp3) is 0.316. The third-order valence-corrected chi connectivity index (χ3v) is 5.14. The molecular weight excluding hydrogens is 304 g/mol. The molecule has 3 nitrogen and oxygen atoms in total. The monoisotopic (exact) mass is 326 g/mol. The Morgan fingerprint density at radius 2 is 1.91 bits per heavy atom. The van der Waals surface area contributed by atoms with Gasteiger partial charge in [-0.3, -0.25) is 4.79 Å². The Hall–Kier alpha value is -1.78. The van der Waals surface area contributed by atoms with Crippen molar-refractivity contribution in [3.8, 4) is 0 Å². The van der Waals surface area contributed by atoms with Crippen LogP contribution in [0.25, 0.3) is 0 Å². The number of benzene rings is 2. The number of rotatable bonds is 5. The summed E-state index contributed by atoms with van der Waals surface area (Å²) in [5.41, 5.74) is 0.755. The number of hydrogen-bond donors (Lipinski definition) is 2. The Bertz CT molecular complexity index is 639. The molecule has 4 heteroatoms. The highest BCUT2D eigenvalue weighted by atomic mass is 32.2. The molecule has 0 spiro atoms. The van der Waals surface area contributed by atoms with Crippen LogP contribution in [0.15, 0.2) is 64.4 Å². The van der Waals surface area contributed by atoms with Gasteiger partial charge in [0, 0.05) is 16.3 Å². The minimum Gasteiger partial charge on any atom is -0.352 e. The molecule has 1 aliphatic rings. The van der Waals surface area contributed by atoms with E-state index in [1.54, 1.807) is 11.8 Å². The normalized spacial score (nSPS) is 17.7. The zero-order valence-corrected chi connectivity index (χ0v) is 13.9. The molecular formula is C19H22N2OS. The summed E-state index contributed by atoms with van der Waals surface area (Å²) in [5.74, 6) is 0.566. The van der Waals surface area contributed by atoms with Crippen LogP contribution in [0.3, 0.4) is 0 Å². The second-order valence-electron chi connectivity index (χ2n) is 5.83. The predicted molar refractivity (Wildman–Crippen MR) is 94.9 cm³/mol. The Balaban J connectivity index is 1.65.